The summed E-state index contributed by atoms with van der Waals surface area (Å²) in [7, 11) is 0.910. The number of hydrogen-bond acceptors (Lipinski definition) is 3. The van der Waals surface area contributed by atoms with Crippen LogP contribution in [0.1, 0.15) is 13.8 Å². The van der Waals surface area contributed by atoms with Crippen molar-refractivity contribution in [2.24, 2.45) is 0 Å². The molecule has 0 spiro atoms. The summed E-state index contributed by atoms with van der Waals surface area (Å²) in [5.74, 6) is 0.0299. The molecule has 1 aliphatic rings. The van der Waals surface area contributed by atoms with Gasteiger partial charge in [0, 0.05) is 26.2 Å². The van der Waals surface area contributed by atoms with Crippen molar-refractivity contribution in [3.63, 3.8) is 0 Å². The molecule has 0 aromatic rings. The lowest BCUT2D eigenvalue weighted by Gasteiger charge is -2.21. The maximum absolute atomic E-state index is 11.0. The number of hydrazine groups is 1. The first-order valence-corrected chi connectivity index (χ1v) is 4.82. The molecule has 1 heterocycles. The normalized spacial score (nSPS) is 31.0. The summed E-state index contributed by atoms with van der Waals surface area (Å²) in [6.07, 6.45) is 0. The van der Waals surface area contributed by atoms with Crippen molar-refractivity contribution in [1.29, 1.82) is 0 Å². The molecule has 1 amide bonds. The number of carbonyl (C=O) groups is 1. The van der Waals surface area contributed by atoms with E-state index in [9.17, 15) is 4.79 Å². The molecule has 1 aliphatic heterocycles. The smallest absolute Gasteiger partial charge is 0.238 e. The third-order valence-corrected chi connectivity index (χ3v) is 3.72. The SMILES string of the molecule is COP1C(C)CNN1C(C)=O. The zero-order chi connectivity index (χ0) is 8.43. The van der Waals surface area contributed by atoms with Gasteiger partial charge in [0.15, 0.2) is 8.30 Å². The van der Waals surface area contributed by atoms with Gasteiger partial charge in [-0.2, -0.15) is 0 Å². The Morgan fingerprint density at radius 2 is 2.45 bits per heavy atom. The highest BCUT2D eigenvalue weighted by Crippen LogP contribution is 2.47. The molecule has 64 valence electrons. The standard InChI is InChI=1S/C6H13N2O2P/c1-5-4-7-8(6(2)9)11(5)10-3/h5,7H,4H2,1-3H3. The largest absolute Gasteiger partial charge is 0.341 e. The average molecular weight is 176 g/mol. The molecule has 0 aliphatic carbocycles. The number of carbonyl (C=O) groups excluding carboxylic acids is 1. The van der Waals surface area contributed by atoms with Gasteiger partial charge in [0.1, 0.15) is 0 Å². The zero-order valence-electron chi connectivity index (χ0n) is 7.00. The highest BCUT2D eigenvalue weighted by Gasteiger charge is 2.33. The molecule has 0 radical (unpaired) electrons. The summed E-state index contributed by atoms with van der Waals surface area (Å²) < 4.78 is 6.80. The first-order chi connectivity index (χ1) is 5.16. The van der Waals surface area contributed by atoms with Crippen LogP contribution in [0.25, 0.3) is 0 Å². The van der Waals surface area contributed by atoms with E-state index >= 15 is 0 Å². The number of amides is 1. The predicted molar refractivity (Wildman–Crippen MR) is 43.9 cm³/mol. The Morgan fingerprint density at radius 1 is 1.82 bits per heavy atom. The molecule has 2 atom stereocenters. The summed E-state index contributed by atoms with van der Waals surface area (Å²) in [5, 5.41) is 0. The quantitative estimate of drug-likeness (QED) is 0.598. The summed E-state index contributed by atoms with van der Waals surface area (Å²) in [5.41, 5.74) is 3.42. The monoisotopic (exact) mass is 176 g/mol. The van der Waals surface area contributed by atoms with Crippen molar-refractivity contribution in [2.45, 2.75) is 19.5 Å². The van der Waals surface area contributed by atoms with E-state index in [2.05, 4.69) is 12.3 Å². The molecule has 2 unspecified atom stereocenters. The van der Waals surface area contributed by atoms with Crippen LogP contribution >= 0.6 is 8.30 Å². The van der Waals surface area contributed by atoms with E-state index in [0.717, 1.165) is 6.54 Å². The minimum Gasteiger partial charge on any atom is -0.341 e. The van der Waals surface area contributed by atoms with E-state index in [1.807, 2.05) is 0 Å². The van der Waals surface area contributed by atoms with Crippen LogP contribution in [0.3, 0.4) is 0 Å². The van der Waals surface area contributed by atoms with E-state index in [1.165, 1.54) is 0 Å². The third-order valence-electron chi connectivity index (χ3n) is 1.60. The summed E-state index contributed by atoms with van der Waals surface area (Å²) >= 11 is 0. The van der Waals surface area contributed by atoms with E-state index in [4.69, 9.17) is 4.52 Å². The van der Waals surface area contributed by atoms with E-state index in [0.29, 0.717) is 5.66 Å². The van der Waals surface area contributed by atoms with Gasteiger partial charge < -0.3 is 4.52 Å². The van der Waals surface area contributed by atoms with Gasteiger partial charge in [-0.05, 0) is 0 Å². The first kappa shape index (κ1) is 8.91. The summed E-state index contributed by atoms with van der Waals surface area (Å²) in [6, 6.07) is 0. The molecule has 1 rings (SSSR count). The zero-order valence-corrected chi connectivity index (χ0v) is 7.89. The van der Waals surface area contributed by atoms with Gasteiger partial charge >= 0.3 is 0 Å². The highest BCUT2D eigenvalue weighted by molar-refractivity contribution is 7.51. The Labute approximate surface area is 67.8 Å². The van der Waals surface area contributed by atoms with Gasteiger partial charge in [-0.1, -0.05) is 6.92 Å². The summed E-state index contributed by atoms with van der Waals surface area (Å²) in [4.78, 5) is 11.0. The minimum absolute atomic E-state index is 0.0299. The second-order valence-electron chi connectivity index (χ2n) is 2.53. The van der Waals surface area contributed by atoms with Gasteiger partial charge in [-0.3, -0.25) is 4.79 Å². The van der Waals surface area contributed by atoms with Crippen molar-refractivity contribution in [3.8, 4) is 0 Å². The Balaban J connectivity index is 2.61. The number of rotatable bonds is 1. The number of nitrogens with zero attached hydrogens (tertiary/aromatic N) is 1. The van der Waals surface area contributed by atoms with E-state index in [-0.39, 0.29) is 5.91 Å². The van der Waals surface area contributed by atoms with Crippen molar-refractivity contribution in [1.82, 2.24) is 10.2 Å². The second kappa shape index (κ2) is 3.48. The van der Waals surface area contributed by atoms with Crippen molar-refractivity contribution < 1.29 is 9.32 Å². The molecule has 0 aromatic carbocycles. The average Bonchev–Trinajstić information content (AvgIpc) is 2.30. The molecular weight excluding hydrogens is 163 g/mol. The molecule has 1 saturated heterocycles. The molecule has 1 N–H and O–H groups in total. The van der Waals surface area contributed by atoms with Crippen molar-refractivity contribution in [3.05, 3.63) is 0 Å². The van der Waals surface area contributed by atoms with Crippen molar-refractivity contribution in [2.75, 3.05) is 13.7 Å². The molecule has 0 aromatic heterocycles. The Hall–Kier alpha value is -0.180. The van der Waals surface area contributed by atoms with Crippen LogP contribution in [-0.2, 0) is 9.32 Å². The fourth-order valence-corrected chi connectivity index (χ4v) is 2.73. The Kier molecular flexibility index (Phi) is 2.82. The van der Waals surface area contributed by atoms with Crippen molar-refractivity contribution >= 4 is 14.2 Å². The number of hydrogen-bond donors (Lipinski definition) is 1. The van der Waals surface area contributed by atoms with E-state index in [1.54, 1.807) is 18.8 Å². The molecule has 0 bridgehead atoms. The Morgan fingerprint density at radius 3 is 2.82 bits per heavy atom. The first-order valence-electron chi connectivity index (χ1n) is 3.54. The second-order valence-corrected chi connectivity index (χ2v) is 4.78. The van der Waals surface area contributed by atoms with Crippen LogP contribution in [0.5, 0.6) is 0 Å². The lowest BCUT2D eigenvalue weighted by atomic mass is 10.5. The van der Waals surface area contributed by atoms with Gasteiger partial charge in [0.2, 0.25) is 5.91 Å². The maximum Gasteiger partial charge on any atom is 0.238 e. The summed E-state index contributed by atoms with van der Waals surface area (Å²) in [6.45, 7) is 4.45. The lowest BCUT2D eigenvalue weighted by Crippen LogP contribution is -2.31. The van der Waals surface area contributed by atoms with Crippen LogP contribution < -0.4 is 5.43 Å². The molecular formula is C6H13N2O2P. The topological polar surface area (TPSA) is 41.6 Å². The number of nitrogens with one attached hydrogen (secondary N) is 1. The van der Waals surface area contributed by atoms with Gasteiger partial charge in [0.05, 0.1) is 0 Å². The van der Waals surface area contributed by atoms with Crippen LogP contribution in [0.2, 0.25) is 0 Å². The van der Waals surface area contributed by atoms with Crippen LogP contribution in [0, 0.1) is 0 Å². The molecule has 1 fully saturated rings. The van der Waals surface area contributed by atoms with Gasteiger partial charge in [-0.15, -0.1) is 0 Å². The van der Waals surface area contributed by atoms with Crippen LogP contribution in [0.15, 0.2) is 0 Å². The molecule has 4 nitrogen and oxygen atoms in total. The van der Waals surface area contributed by atoms with Crippen LogP contribution in [-0.4, -0.2) is 30.0 Å². The fourth-order valence-electron chi connectivity index (χ4n) is 1.08. The molecule has 0 saturated carbocycles. The minimum atomic E-state index is -0.734. The van der Waals surface area contributed by atoms with Crippen LogP contribution in [0.4, 0.5) is 0 Å². The Bertz CT molecular complexity index is 165. The van der Waals surface area contributed by atoms with Gasteiger partial charge in [0.25, 0.3) is 0 Å². The predicted octanol–water partition coefficient (Wildman–Crippen LogP) is 0.700. The highest BCUT2D eigenvalue weighted by atomic mass is 31.2. The fraction of sp³-hybridized carbons (Fsp3) is 0.833. The maximum atomic E-state index is 11.0. The van der Waals surface area contributed by atoms with Gasteiger partial charge in [-0.25, -0.2) is 10.2 Å². The van der Waals surface area contributed by atoms with E-state index < -0.39 is 8.30 Å². The molecule has 11 heavy (non-hydrogen) atoms. The third kappa shape index (κ3) is 1.70. The molecule has 5 heteroatoms. The lowest BCUT2D eigenvalue weighted by molar-refractivity contribution is -0.126.